The van der Waals surface area contributed by atoms with Crippen LogP contribution in [0.2, 0.25) is 0 Å². The fourth-order valence-electron chi connectivity index (χ4n) is 4.20. The predicted molar refractivity (Wildman–Crippen MR) is 135 cm³/mol. The minimum absolute atomic E-state index is 0.274. The van der Waals surface area contributed by atoms with E-state index in [1.165, 1.54) is 5.56 Å². The molecule has 5 rings (SSSR count). The highest BCUT2D eigenvalue weighted by Gasteiger charge is 2.35. The summed E-state index contributed by atoms with van der Waals surface area (Å²) < 4.78 is 7.15. The molecule has 0 spiro atoms. The zero-order chi connectivity index (χ0) is 24.5. The number of hydrogen-bond donors (Lipinski definition) is 2. The number of anilines is 2. The van der Waals surface area contributed by atoms with Crippen molar-refractivity contribution in [2.75, 3.05) is 17.7 Å². The number of para-hydroxylation sites is 2. The van der Waals surface area contributed by atoms with Gasteiger partial charge in [-0.25, -0.2) is 4.68 Å². The number of carbonyl (C=O) groups is 1. The lowest BCUT2D eigenvalue weighted by Crippen LogP contribution is -2.32. The summed E-state index contributed by atoms with van der Waals surface area (Å²) in [6.45, 7) is 6.00. The smallest absolute Gasteiger partial charge is 0.256 e. The molecule has 8 heteroatoms. The number of pyridine rings is 1. The molecule has 3 heterocycles. The Bertz CT molecular complexity index is 1440. The summed E-state index contributed by atoms with van der Waals surface area (Å²) >= 11 is 0. The number of hydrogen-bond acceptors (Lipinski definition) is 6. The van der Waals surface area contributed by atoms with E-state index in [0.717, 1.165) is 11.1 Å². The van der Waals surface area contributed by atoms with E-state index < -0.39 is 6.04 Å². The Morgan fingerprint density at radius 1 is 1.03 bits per heavy atom. The van der Waals surface area contributed by atoms with Crippen molar-refractivity contribution in [2.45, 2.75) is 26.8 Å². The van der Waals surface area contributed by atoms with Crippen LogP contribution in [-0.4, -0.2) is 32.8 Å². The summed E-state index contributed by atoms with van der Waals surface area (Å²) in [6.07, 6.45) is 1.71. The maximum atomic E-state index is 13.6. The maximum absolute atomic E-state index is 13.6. The van der Waals surface area contributed by atoms with Crippen LogP contribution in [0.15, 0.2) is 78.1 Å². The van der Waals surface area contributed by atoms with Gasteiger partial charge < -0.3 is 15.4 Å². The number of benzene rings is 2. The number of nitrogens with one attached hydrogen (secondary N) is 2. The van der Waals surface area contributed by atoms with Crippen LogP contribution in [0.4, 0.5) is 11.6 Å². The van der Waals surface area contributed by atoms with Gasteiger partial charge in [-0.2, -0.15) is 4.98 Å². The number of aromatic nitrogens is 4. The molecule has 0 saturated heterocycles. The minimum atomic E-state index is -0.560. The highest BCUT2D eigenvalue weighted by atomic mass is 16.5. The molecular formula is C27H26N6O2. The summed E-state index contributed by atoms with van der Waals surface area (Å²) in [7, 11) is 1.57. The van der Waals surface area contributed by atoms with E-state index in [4.69, 9.17) is 14.8 Å². The van der Waals surface area contributed by atoms with Crippen molar-refractivity contribution in [3.8, 4) is 17.1 Å². The first-order chi connectivity index (χ1) is 17.0. The van der Waals surface area contributed by atoms with E-state index in [-0.39, 0.29) is 5.91 Å². The second-order valence-electron chi connectivity index (χ2n) is 8.48. The van der Waals surface area contributed by atoms with Gasteiger partial charge in [-0.15, -0.1) is 5.10 Å². The van der Waals surface area contributed by atoms with Crippen LogP contribution in [0.25, 0.3) is 11.4 Å². The number of ether oxygens (including phenoxy) is 1. The predicted octanol–water partition coefficient (Wildman–Crippen LogP) is 4.89. The summed E-state index contributed by atoms with van der Waals surface area (Å²) in [4.78, 5) is 23.0. The highest BCUT2D eigenvalue weighted by molar-refractivity contribution is 6.06. The van der Waals surface area contributed by atoms with Crippen LogP contribution >= 0.6 is 0 Å². The molecule has 4 aromatic rings. The van der Waals surface area contributed by atoms with Gasteiger partial charge in [-0.1, -0.05) is 30.3 Å². The third-order valence-electron chi connectivity index (χ3n) is 6.19. The molecule has 0 bridgehead atoms. The second kappa shape index (κ2) is 9.06. The molecule has 0 radical (unpaired) electrons. The topological polar surface area (TPSA) is 94.0 Å². The monoisotopic (exact) mass is 466 g/mol. The summed E-state index contributed by atoms with van der Waals surface area (Å²) in [6, 6.07) is 18.5. The zero-order valence-electron chi connectivity index (χ0n) is 20.0. The van der Waals surface area contributed by atoms with Crippen LogP contribution in [0, 0.1) is 13.8 Å². The fourth-order valence-corrected chi connectivity index (χ4v) is 4.20. The average molecular weight is 467 g/mol. The molecule has 2 N–H and O–H groups in total. The first-order valence-corrected chi connectivity index (χ1v) is 11.3. The minimum Gasteiger partial charge on any atom is -0.495 e. The standard InChI is InChI=1S/C27H26N6O2/c1-16-12-13-19(15-17(16)2)25-31-27-29-18(3)23(24(33(27)32-25)21-10-7-8-14-28-21)26(34)30-20-9-5-6-11-22(20)35-4/h5-15,24H,1-4H3,(H,30,34)(H,29,31,32). The van der Waals surface area contributed by atoms with Gasteiger partial charge in [0.1, 0.15) is 11.8 Å². The second-order valence-corrected chi connectivity index (χ2v) is 8.48. The Labute approximate surface area is 203 Å². The maximum Gasteiger partial charge on any atom is 0.256 e. The zero-order valence-corrected chi connectivity index (χ0v) is 20.0. The van der Waals surface area contributed by atoms with Crippen molar-refractivity contribution >= 4 is 17.5 Å². The van der Waals surface area contributed by atoms with Crippen molar-refractivity contribution in [1.82, 2.24) is 19.7 Å². The first-order valence-electron chi connectivity index (χ1n) is 11.3. The molecule has 0 aliphatic carbocycles. The van der Waals surface area contributed by atoms with Crippen LogP contribution in [0.3, 0.4) is 0 Å². The fraction of sp³-hybridized carbons (Fsp3) is 0.185. The van der Waals surface area contributed by atoms with E-state index in [1.807, 2.05) is 43.3 Å². The highest BCUT2D eigenvalue weighted by Crippen LogP contribution is 2.36. The lowest BCUT2D eigenvalue weighted by molar-refractivity contribution is -0.113. The van der Waals surface area contributed by atoms with E-state index in [9.17, 15) is 4.79 Å². The Morgan fingerprint density at radius 2 is 1.83 bits per heavy atom. The van der Waals surface area contributed by atoms with Crippen LogP contribution < -0.4 is 15.4 Å². The van der Waals surface area contributed by atoms with E-state index >= 15 is 0 Å². The number of amides is 1. The molecular weight excluding hydrogens is 440 g/mol. The summed E-state index contributed by atoms with van der Waals surface area (Å²) in [5, 5.41) is 11.1. The number of aryl methyl sites for hydroxylation is 2. The van der Waals surface area contributed by atoms with Crippen molar-refractivity contribution in [3.05, 3.63) is 95.0 Å². The number of allylic oxidation sites excluding steroid dienone is 1. The third kappa shape index (κ3) is 4.14. The Hall–Kier alpha value is -4.46. The normalized spacial score (nSPS) is 14.8. The lowest BCUT2D eigenvalue weighted by Gasteiger charge is -2.28. The van der Waals surface area contributed by atoms with Crippen LogP contribution in [-0.2, 0) is 4.79 Å². The lowest BCUT2D eigenvalue weighted by atomic mass is 9.98. The summed E-state index contributed by atoms with van der Waals surface area (Å²) in [5.41, 5.74) is 5.73. The third-order valence-corrected chi connectivity index (χ3v) is 6.19. The number of nitrogens with zero attached hydrogens (tertiary/aromatic N) is 4. The van der Waals surface area contributed by atoms with E-state index in [0.29, 0.717) is 40.2 Å². The Morgan fingerprint density at radius 3 is 2.57 bits per heavy atom. The van der Waals surface area contributed by atoms with Crippen molar-refractivity contribution in [2.24, 2.45) is 0 Å². The van der Waals surface area contributed by atoms with Crippen molar-refractivity contribution in [1.29, 1.82) is 0 Å². The first kappa shape index (κ1) is 22.3. The van der Waals surface area contributed by atoms with Gasteiger partial charge in [0.15, 0.2) is 5.82 Å². The quantitative estimate of drug-likeness (QED) is 0.435. The molecule has 0 saturated carbocycles. The number of fused-ring (bicyclic) bond motifs is 1. The molecule has 8 nitrogen and oxygen atoms in total. The molecule has 2 aromatic heterocycles. The molecule has 1 aliphatic rings. The number of carbonyl (C=O) groups excluding carboxylic acids is 1. The molecule has 2 aromatic carbocycles. The summed E-state index contributed by atoms with van der Waals surface area (Å²) in [5.74, 6) is 1.44. The van der Waals surface area contributed by atoms with Gasteiger partial charge >= 0.3 is 0 Å². The van der Waals surface area contributed by atoms with Crippen molar-refractivity contribution < 1.29 is 9.53 Å². The van der Waals surface area contributed by atoms with Crippen LogP contribution in [0.5, 0.6) is 5.75 Å². The van der Waals surface area contributed by atoms with E-state index in [1.54, 1.807) is 30.1 Å². The molecule has 1 amide bonds. The Balaban J connectivity index is 1.59. The molecule has 1 atom stereocenters. The molecule has 1 aliphatic heterocycles. The molecule has 1 unspecified atom stereocenters. The van der Waals surface area contributed by atoms with Gasteiger partial charge in [-0.3, -0.25) is 9.78 Å². The van der Waals surface area contributed by atoms with Crippen LogP contribution in [0.1, 0.15) is 29.8 Å². The molecule has 35 heavy (non-hydrogen) atoms. The number of methoxy groups -OCH3 is 1. The average Bonchev–Trinajstić information content (AvgIpc) is 3.29. The largest absolute Gasteiger partial charge is 0.495 e. The number of rotatable bonds is 5. The van der Waals surface area contributed by atoms with E-state index in [2.05, 4.69) is 41.6 Å². The molecule has 0 fully saturated rings. The van der Waals surface area contributed by atoms with Gasteiger partial charge in [-0.05, 0) is 62.2 Å². The van der Waals surface area contributed by atoms with Gasteiger partial charge in [0.25, 0.3) is 5.91 Å². The van der Waals surface area contributed by atoms with Crippen molar-refractivity contribution in [3.63, 3.8) is 0 Å². The molecule has 176 valence electrons. The SMILES string of the molecule is COc1ccccc1NC(=O)C1=C(C)Nc2nc(-c3ccc(C)c(C)c3)nn2C1c1ccccn1. The van der Waals surface area contributed by atoms with Gasteiger partial charge in [0.2, 0.25) is 5.95 Å². The van der Waals surface area contributed by atoms with Gasteiger partial charge in [0.05, 0.1) is 24.1 Å². The van der Waals surface area contributed by atoms with Gasteiger partial charge in [0, 0.05) is 17.5 Å². The Kier molecular flexibility index (Phi) is 5.78.